The largest absolute Gasteiger partial charge is 0.478 e. The first kappa shape index (κ1) is 15.0. The number of carboxylic acid groups (broad SMARTS) is 1. The molecule has 0 aliphatic carbocycles. The predicted octanol–water partition coefficient (Wildman–Crippen LogP) is 2.60. The van der Waals surface area contributed by atoms with E-state index in [0.717, 1.165) is 0 Å². The first-order valence-corrected chi connectivity index (χ1v) is 5.27. The van der Waals surface area contributed by atoms with Crippen LogP contribution in [0.15, 0.2) is 54.6 Å². The van der Waals surface area contributed by atoms with Crippen molar-refractivity contribution in [1.29, 1.82) is 0 Å². The Morgan fingerprint density at radius 3 is 1.95 bits per heavy atom. The number of hydrogen-bond donors (Lipinski definition) is 1. The average Bonchev–Trinajstić information content (AvgIpc) is 2.40. The van der Waals surface area contributed by atoms with Crippen molar-refractivity contribution in [3.05, 3.63) is 65.7 Å². The molecule has 0 aromatic heterocycles. The van der Waals surface area contributed by atoms with E-state index >= 15 is 0 Å². The van der Waals surface area contributed by atoms with Gasteiger partial charge in [0.25, 0.3) is 0 Å². The molecule has 0 heterocycles. The molecule has 0 bridgehead atoms. The van der Waals surface area contributed by atoms with Crippen LogP contribution in [0.2, 0.25) is 0 Å². The zero-order valence-corrected chi connectivity index (χ0v) is 11.1. The third kappa shape index (κ3) is 3.95. The van der Waals surface area contributed by atoms with Crippen LogP contribution in [0.5, 0.6) is 5.75 Å². The first-order chi connectivity index (χ1) is 8.66. The second-order valence-electron chi connectivity index (χ2n) is 3.59. The van der Waals surface area contributed by atoms with Crippen molar-refractivity contribution in [2.75, 3.05) is 0 Å². The molecule has 0 radical (unpaired) electrons. The van der Waals surface area contributed by atoms with Crippen LogP contribution in [0.3, 0.4) is 0 Å². The van der Waals surface area contributed by atoms with Gasteiger partial charge in [-0.05, 0) is 36.4 Å². The molecule has 19 heavy (non-hydrogen) atoms. The van der Waals surface area contributed by atoms with Crippen LogP contribution >= 0.6 is 0 Å². The number of ether oxygens (including phenoxy) is 1. The van der Waals surface area contributed by atoms with Crippen molar-refractivity contribution >= 4 is 11.9 Å². The number of carbonyl (C=O) groups excluding carboxylic acids is 1. The van der Waals surface area contributed by atoms with E-state index in [9.17, 15) is 9.59 Å². The molecule has 0 spiro atoms. The fraction of sp³-hybridized carbons (Fsp3) is 0. The third-order valence-corrected chi connectivity index (χ3v) is 2.32. The summed E-state index contributed by atoms with van der Waals surface area (Å²) in [5.74, 6) is -1.18. The van der Waals surface area contributed by atoms with Crippen molar-refractivity contribution in [3.63, 3.8) is 0 Å². The van der Waals surface area contributed by atoms with Crippen molar-refractivity contribution in [2.24, 2.45) is 0 Å². The van der Waals surface area contributed by atoms with Crippen molar-refractivity contribution in [2.45, 2.75) is 0 Å². The van der Waals surface area contributed by atoms with Crippen LogP contribution < -0.4 is 4.74 Å². The van der Waals surface area contributed by atoms with Crippen LogP contribution in [-0.2, 0) is 17.4 Å². The fourth-order valence-corrected chi connectivity index (χ4v) is 1.41. The summed E-state index contributed by atoms with van der Waals surface area (Å²) in [5.41, 5.74) is 0.592. The summed E-state index contributed by atoms with van der Waals surface area (Å²) in [6.07, 6.45) is 0. The summed E-state index contributed by atoms with van der Waals surface area (Å²) in [5, 5.41) is 8.73. The molecule has 0 atom stereocenters. The van der Waals surface area contributed by atoms with Gasteiger partial charge in [0.15, 0.2) is 0 Å². The number of carboxylic acids is 1. The van der Waals surface area contributed by atoms with Gasteiger partial charge in [0.2, 0.25) is 0 Å². The fourth-order valence-electron chi connectivity index (χ4n) is 1.41. The topological polar surface area (TPSA) is 63.6 Å². The molecule has 0 fully saturated rings. The second-order valence-corrected chi connectivity index (χ2v) is 3.59. The average molecular weight is 294 g/mol. The third-order valence-electron chi connectivity index (χ3n) is 2.32. The van der Waals surface area contributed by atoms with E-state index in [1.807, 2.05) is 0 Å². The van der Waals surface area contributed by atoms with E-state index in [1.165, 1.54) is 24.3 Å². The Morgan fingerprint density at radius 2 is 1.42 bits per heavy atom. The molecule has 5 heteroatoms. The van der Waals surface area contributed by atoms with Crippen molar-refractivity contribution in [1.82, 2.24) is 0 Å². The Kier molecular flexibility index (Phi) is 5.31. The van der Waals surface area contributed by atoms with Crippen molar-refractivity contribution < 1.29 is 36.8 Å². The first-order valence-electron chi connectivity index (χ1n) is 5.27. The van der Waals surface area contributed by atoms with E-state index in [4.69, 9.17) is 9.84 Å². The number of esters is 1. The Labute approximate surface area is 120 Å². The number of carbonyl (C=O) groups is 2. The molecule has 96 valence electrons. The molecule has 0 amide bonds. The van der Waals surface area contributed by atoms with Crippen LogP contribution in [0.4, 0.5) is 0 Å². The number of rotatable bonds is 3. The molecule has 2 rings (SSSR count). The normalized spacial score (nSPS) is 9.26. The summed E-state index contributed by atoms with van der Waals surface area (Å²) in [6, 6.07) is 14.2. The Bertz CT molecular complexity index is 564. The number of benzene rings is 2. The van der Waals surface area contributed by atoms with Gasteiger partial charge in [-0.2, -0.15) is 0 Å². The van der Waals surface area contributed by atoms with Gasteiger partial charge in [-0.25, -0.2) is 9.59 Å². The zero-order valence-electron chi connectivity index (χ0n) is 9.78. The van der Waals surface area contributed by atoms with Crippen LogP contribution in [0.25, 0.3) is 0 Å². The molecule has 0 saturated carbocycles. The molecule has 1 N–H and O–H groups in total. The number of aromatic carboxylic acids is 1. The van der Waals surface area contributed by atoms with E-state index in [0.29, 0.717) is 11.3 Å². The Hall–Kier alpha value is -2.09. The molecule has 2 aromatic rings. The second kappa shape index (κ2) is 6.74. The molecule has 0 aliphatic heterocycles. The smallest absolute Gasteiger partial charge is 0.343 e. The van der Waals surface area contributed by atoms with Gasteiger partial charge in [0, 0.05) is 17.4 Å². The minimum Gasteiger partial charge on any atom is -0.478 e. The SMILES string of the molecule is O=C(O)c1ccc(OC(=O)c2ccccc2)cc1.[Cr]. The number of hydrogen-bond acceptors (Lipinski definition) is 3. The van der Waals surface area contributed by atoms with Crippen LogP contribution in [0.1, 0.15) is 20.7 Å². The van der Waals surface area contributed by atoms with Gasteiger partial charge in [0.05, 0.1) is 11.1 Å². The van der Waals surface area contributed by atoms with Gasteiger partial charge in [-0.1, -0.05) is 18.2 Å². The molecular formula is C14H10CrO4. The molecular weight excluding hydrogens is 284 g/mol. The van der Waals surface area contributed by atoms with Crippen molar-refractivity contribution in [3.8, 4) is 5.75 Å². The van der Waals surface area contributed by atoms with Gasteiger partial charge in [-0.15, -0.1) is 0 Å². The predicted molar refractivity (Wildman–Crippen MR) is 64.8 cm³/mol. The van der Waals surface area contributed by atoms with Gasteiger partial charge < -0.3 is 9.84 Å². The minimum atomic E-state index is -1.02. The van der Waals surface area contributed by atoms with Gasteiger partial charge in [0.1, 0.15) is 5.75 Å². The molecule has 2 aromatic carbocycles. The van der Waals surface area contributed by atoms with Gasteiger partial charge >= 0.3 is 11.9 Å². The summed E-state index contributed by atoms with van der Waals surface area (Å²) in [4.78, 5) is 22.3. The maximum Gasteiger partial charge on any atom is 0.343 e. The summed E-state index contributed by atoms with van der Waals surface area (Å²) in [6.45, 7) is 0. The van der Waals surface area contributed by atoms with E-state index < -0.39 is 11.9 Å². The van der Waals surface area contributed by atoms with Crippen LogP contribution in [-0.4, -0.2) is 17.0 Å². The van der Waals surface area contributed by atoms with Gasteiger partial charge in [-0.3, -0.25) is 0 Å². The Morgan fingerprint density at radius 1 is 0.842 bits per heavy atom. The maximum absolute atomic E-state index is 11.7. The summed E-state index contributed by atoms with van der Waals surface area (Å²) in [7, 11) is 0. The monoisotopic (exact) mass is 294 g/mol. The standard InChI is InChI=1S/C14H10O4.Cr/c15-13(16)10-6-8-12(9-7-10)18-14(17)11-4-2-1-3-5-11;/h1-9H,(H,15,16);. The molecule has 0 aliphatic rings. The maximum atomic E-state index is 11.7. The van der Waals surface area contributed by atoms with E-state index in [-0.39, 0.29) is 22.9 Å². The van der Waals surface area contributed by atoms with Crippen LogP contribution in [0, 0.1) is 0 Å². The molecule has 0 unspecified atom stereocenters. The van der Waals surface area contributed by atoms with E-state index in [2.05, 4.69) is 0 Å². The minimum absolute atomic E-state index is 0. The Balaban J connectivity index is 0.00000180. The molecule has 4 nitrogen and oxygen atoms in total. The van der Waals surface area contributed by atoms with E-state index in [1.54, 1.807) is 30.3 Å². The molecule has 0 saturated heterocycles. The quantitative estimate of drug-likeness (QED) is 0.698. The zero-order chi connectivity index (χ0) is 13.0. The summed E-state index contributed by atoms with van der Waals surface area (Å²) >= 11 is 0. The summed E-state index contributed by atoms with van der Waals surface area (Å²) < 4.78 is 5.10.